The number of piperidine rings is 1. The van der Waals surface area contributed by atoms with Crippen LogP contribution in [0.15, 0.2) is 11.6 Å². The van der Waals surface area contributed by atoms with Gasteiger partial charge in [-0.05, 0) is 51.2 Å². The summed E-state index contributed by atoms with van der Waals surface area (Å²) in [7, 11) is 0. The van der Waals surface area contributed by atoms with Crippen molar-refractivity contribution in [3.63, 3.8) is 0 Å². The van der Waals surface area contributed by atoms with E-state index in [0.717, 1.165) is 19.0 Å². The van der Waals surface area contributed by atoms with Crippen molar-refractivity contribution < 1.29 is 0 Å². The Bertz CT molecular complexity index is 268. The van der Waals surface area contributed by atoms with E-state index in [1.807, 2.05) is 11.6 Å². The van der Waals surface area contributed by atoms with Gasteiger partial charge in [-0.1, -0.05) is 0 Å². The minimum absolute atomic E-state index is 0.934. The molecule has 0 spiro atoms. The lowest BCUT2D eigenvalue weighted by Crippen LogP contribution is -2.28. The highest BCUT2D eigenvalue weighted by atomic mass is 32.1. The van der Waals surface area contributed by atoms with E-state index in [2.05, 4.69) is 15.6 Å². The van der Waals surface area contributed by atoms with Gasteiger partial charge < -0.3 is 10.6 Å². The van der Waals surface area contributed by atoms with Crippen LogP contribution in [0, 0.1) is 5.92 Å². The van der Waals surface area contributed by atoms with Crippen molar-refractivity contribution >= 4 is 11.3 Å². The quantitative estimate of drug-likeness (QED) is 0.746. The van der Waals surface area contributed by atoms with E-state index in [1.54, 1.807) is 11.3 Å². The Labute approximate surface area is 102 Å². The third-order valence-electron chi connectivity index (χ3n) is 3.18. The fraction of sp³-hybridized carbons (Fsp3) is 0.750. The van der Waals surface area contributed by atoms with E-state index in [1.165, 1.54) is 43.8 Å². The van der Waals surface area contributed by atoms with Crippen LogP contribution in [0.1, 0.15) is 30.7 Å². The van der Waals surface area contributed by atoms with Gasteiger partial charge in [0.2, 0.25) is 0 Å². The Morgan fingerprint density at radius 3 is 3.06 bits per heavy atom. The minimum Gasteiger partial charge on any atom is -0.317 e. The van der Waals surface area contributed by atoms with Gasteiger partial charge in [0, 0.05) is 18.1 Å². The van der Waals surface area contributed by atoms with Crippen LogP contribution >= 0.6 is 11.3 Å². The largest absolute Gasteiger partial charge is 0.317 e. The topological polar surface area (TPSA) is 37.0 Å². The van der Waals surface area contributed by atoms with Gasteiger partial charge in [0.05, 0.1) is 0 Å². The molecule has 0 atom stereocenters. The fourth-order valence-corrected chi connectivity index (χ4v) is 2.81. The first-order valence-electron chi connectivity index (χ1n) is 6.25. The molecule has 0 saturated carbocycles. The van der Waals surface area contributed by atoms with Crippen LogP contribution in [0.3, 0.4) is 0 Å². The molecule has 16 heavy (non-hydrogen) atoms. The summed E-state index contributed by atoms with van der Waals surface area (Å²) in [6.07, 6.45) is 7.29. The van der Waals surface area contributed by atoms with Crippen molar-refractivity contribution in [1.82, 2.24) is 15.6 Å². The predicted molar refractivity (Wildman–Crippen MR) is 68.6 cm³/mol. The van der Waals surface area contributed by atoms with Gasteiger partial charge in [-0.2, -0.15) is 0 Å². The summed E-state index contributed by atoms with van der Waals surface area (Å²) in [4.78, 5) is 4.25. The summed E-state index contributed by atoms with van der Waals surface area (Å²) in [5.41, 5.74) is 0. The number of rotatable bonds is 6. The van der Waals surface area contributed by atoms with Crippen molar-refractivity contribution in [2.75, 3.05) is 19.6 Å². The zero-order valence-corrected chi connectivity index (χ0v) is 10.6. The molecule has 2 rings (SSSR count). The Morgan fingerprint density at radius 1 is 1.44 bits per heavy atom. The molecule has 0 radical (unpaired) electrons. The van der Waals surface area contributed by atoms with Crippen LogP contribution in [-0.2, 0) is 6.54 Å². The Balaban J connectivity index is 1.48. The lowest BCUT2D eigenvalue weighted by atomic mass is 9.93. The molecule has 0 bridgehead atoms. The molecule has 4 heteroatoms. The molecular weight excluding hydrogens is 218 g/mol. The zero-order valence-electron chi connectivity index (χ0n) is 9.74. The molecule has 0 unspecified atom stereocenters. The fourth-order valence-electron chi connectivity index (χ4n) is 2.22. The molecule has 1 aromatic rings. The second kappa shape index (κ2) is 6.99. The van der Waals surface area contributed by atoms with E-state index >= 15 is 0 Å². The minimum atomic E-state index is 0.934. The summed E-state index contributed by atoms with van der Waals surface area (Å²) in [6.45, 7) is 4.50. The van der Waals surface area contributed by atoms with Gasteiger partial charge in [-0.15, -0.1) is 11.3 Å². The number of hydrogen-bond acceptors (Lipinski definition) is 4. The summed E-state index contributed by atoms with van der Waals surface area (Å²) in [6, 6.07) is 0. The van der Waals surface area contributed by atoms with Gasteiger partial charge in [0.15, 0.2) is 0 Å². The lowest BCUT2D eigenvalue weighted by molar-refractivity contribution is 0.344. The maximum atomic E-state index is 4.25. The maximum Gasteiger partial charge on any atom is 0.106 e. The first kappa shape index (κ1) is 12.0. The second-order valence-corrected chi connectivity index (χ2v) is 5.42. The molecule has 0 aromatic carbocycles. The van der Waals surface area contributed by atoms with Gasteiger partial charge in [0.25, 0.3) is 0 Å². The van der Waals surface area contributed by atoms with Crippen molar-refractivity contribution in [1.29, 1.82) is 0 Å². The lowest BCUT2D eigenvalue weighted by Gasteiger charge is -2.22. The third-order valence-corrected chi connectivity index (χ3v) is 3.96. The van der Waals surface area contributed by atoms with Crippen LogP contribution < -0.4 is 10.6 Å². The SMILES string of the molecule is c1csc(CNCCCC2CCNCC2)n1. The van der Waals surface area contributed by atoms with Crippen LogP contribution in [0.4, 0.5) is 0 Å². The average Bonchev–Trinajstić information content (AvgIpc) is 2.83. The number of nitrogens with zero attached hydrogens (tertiary/aromatic N) is 1. The standard InChI is InChI=1S/C12H21N3S/c1(2-11-3-6-13-7-4-11)5-14-10-12-15-8-9-16-12/h8-9,11,13-14H,1-7,10H2. The summed E-state index contributed by atoms with van der Waals surface area (Å²) in [5, 5.41) is 10.1. The van der Waals surface area contributed by atoms with Gasteiger partial charge in [-0.3, -0.25) is 0 Å². The highest BCUT2D eigenvalue weighted by Crippen LogP contribution is 2.17. The molecule has 0 aliphatic carbocycles. The van der Waals surface area contributed by atoms with E-state index < -0.39 is 0 Å². The molecule has 1 fully saturated rings. The Kier molecular flexibility index (Phi) is 5.25. The van der Waals surface area contributed by atoms with Crippen molar-refractivity contribution in [2.24, 2.45) is 5.92 Å². The molecule has 1 saturated heterocycles. The van der Waals surface area contributed by atoms with Crippen molar-refractivity contribution in [2.45, 2.75) is 32.2 Å². The molecule has 1 aliphatic heterocycles. The van der Waals surface area contributed by atoms with Crippen molar-refractivity contribution in [3.8, 4) is 0 Å². The molecule has 1 aliphatic rings. The van der Waals surface area contributed by atoms with Gasteiger partial charge >= 0.3 is 0 Å². The van der Waals surface area contributed by atoms with E-state index in [-0.39, 0.29) is 0 Å². The number of aromatic nitrogens is 1. The highest BCUT2D eigenvalue weighted by molar-refractivity contribution is 7.09. The Morgan fingerprint density at radius 2 is 2.31 bits per heavy atom. The number of nitrogens with one attached hydrogen (secondary N) is 2. The van der Waals surface area contributed by atoms with Crippen molar-refractivity contribution in [3.05, 3.63) is 16.6 Å². The maximum absolute atomic E-state index is 4.25. The number of hydrogen-bond donors (Lipinski definition) is 2. The monoisotopic (exact) mass is 239 g/mol. The van der Waals surface area contributed by atoms with Crippen LogP contribution in [0.2, 0.25) is 0 Å². The second-order valence-electron chi connectivity index (χ2n) is 4.44. The smallest absolute Gasteiger partial charge is 0.106 e. The first-order valence-corrected chi connectivity index (χ1v) is 7.13. The molecule has 0 amide bonds. The molecular formula is C12H21N3S. The highest BCUT2D eigenvalue weighted by Gasteiger charge is 2.11. The summed E-state index contributed by atoms with van der Waals surface area (Å²) >= 11 is 1.73. The van der Waals surface area contributed by atoms with Gasteiger partial charge in [-0.25, -0.2) is 4.98 Å². The van der Waals surface area contributed by atoms with E-state index in [4.69, 9.17) is 0 Å². The molecule has 90 valence electrons. The van der Waals surface area contributed by atoms with E-state index in [9.17, 15) is 0 Å². The van der Waals surface area contributed by atoms with Crippen LogP contribution in [0.5, 0.6) is 0 Å². The zero-order chi connectivity index (χ0) is 11.1. The summed E-state index contributed by atoms with van der Waals surface area (Å²) in [5.74, 6) is 0.961. The first-order chi connectivity index (χ1) is 7.95. The van der Waals surface area contributed by atoms with Crippen LogP contribution in [0.25, 0.3) is 0 Å². The normalized spacial score (nSPS) is 17.8. The summed E-state index contributed by atoms with van der Waals surface area (Å²) < 4.78 is 0. The molecule has 3 nitrogen and oxygen atoms in total. The average molecular weight is 239 g/mol. The third kappa shape index (κ3) is 4.20. The molecule has 2 heterocycles. The van der Waals surface area contributed by atoms with Gasteiger partial charge in [0.1, 0.15) is 5.01 Å². The predicted octanol–water partition coefficient (Wildman–Crippen LogP) is 2.01. The Hall–Kier alpha value is -0.450. The van der Waals surface area contributed by atoms with E-state index in [0.29, 0.717) is 0 Å². The van der Waals surface area contributed by atoms with Crippen LogP contribution in [-0.4, -0.2) is 24.6 Å². The molecule has 2 N–H and O–H groups in total. The molecule has 1 aromatic heterocycles. The number of thiazole rings is 1.